The monoisotopic (exact) mass is 260 g/mol. The van der Waals surface area contributed by atoms with Crippen LogP contribution in [0.4, 0.5) is 5.69 Å². The minimum atomic E-state index is -0.552. The highest BCUT2D eigenvalue weighted by Crippen LogP contribution is 2.26. The molecule has 0 atom stereocenters. The van der Waals surface area contributed by atoms with E-state index in [9.17, 15) is 4.79 Å². The van der Waals surface area contributed by atoms with Crippen LogP contribution in [0.2, 0.25) is 0 Å². The van der Waals surface area contributed by atoms with Crippen LogP contribution >= 0.6 is 0 Å². The standard InChI is InChI=1S/C13H16N4O2/c1-17-8-9(7-16-17)5-6-19-12-10(13(15)18)3-2-4-11(12)14/h2-4,7-8H,5-6,14H2,1H3,(H2,15,18). The summed E-state index contributed by atoms with van der Waals surface area (Å²) in [5.41, 5.74) is 12.8. The number of hydrogen-bond acceptors (Lipinski definition) is 4. The summed E-state index contributed by atoms with van der Waals surface area (Å²) in [4.78, 5) is 11.3. The van der Waals surface area contributed by atoms with Crippen molar-refractivity contribution >= 4 is 11.6 Å². The summed E-state index contributed by atoms with van der Waals surface area (Å²) in [6.45, 7) is 0.403. The molecule has 0 aliphatic carbocycles. The molecule has 19 heavy (non-hydrogen) atoms. The lowest BCUT2D eigenvalue weighted by Gasteiger charge is -2.11. The summed E-state index contributed by atoms with van der Waals surface area (Å²) in [6, 6.07) is 4.94. The maximum Gasteiger partial charge on any atom is 0.252 e. The minimum Gasteiger partial charge on any atom is -0.490 e. The fourth-order valence-corrected chi connectivity index (χ4v) is 1.78. The van der Waals surface area contributed by atoms with Crippen molar-refractivity contribution in [3.8, 4) is 5.75 Å². The molecule has 6 nitrogen and oxygen atoms in total. The highest BCUT2D eigenvalue weighted by Gasteiger charge is 2.12. The van der Waals surface area contributed by atoms with Gasteiger partial charge in [0.15, 0.2) is 5.75 Å². The van der Waals surface area contributed by atoms with Gasteiger partial charge in [-0.05, 0) is 17.7 Å². The minimum absolute atomic E-state index is 0.297. The number of amides is 1. The Morgan fingerprint density at radius 3 is 2.89 bits per heavy atom. The molecule has 2 rings (SSSR count). The first-order chi connectivity index (χ1) is 9.08. The molecule has 0 spiro atoms. The smallest absolute Gasteiger partial charge is 0.252 e. The van der Waals surface area contributed by atoms with Gasteiger partial charge in [0, 0.05) is 19.7 Å². The first-order valence-electron chi connectivity index (χ1n) is 5.86. The van der Waals surface area contributed by atoms with E-state index in [2.05, 4.69) is 5.10 Å². The molecule has 1 aromatic carbocycles. The first kappa shape index (κ1) is 12.9. The van der Waals surface area contributed by atoms with E-state index in [-0.39, 0.29) is 0 Å². The van der Waals surface area contributed by atoms with E-state index < -0.39 is 5.91 Å². The van der Waals surface area contributed by atoms with Crippen LogP contribution < -0.4 is 16.2 Å². The van der Waals surface area contributed by atoms with Crippen LogP contribution in [0.5, 0.6) is 5.75 Å². The molecular formula is C13H16N4O2. The third-order valence-corrected chi connectivity index (χ3v) is 2.71. The molecule has 0 aliphatic heterocycles. The number of rotatable bonds is 5. The van der Waals surface area contributed by atoms with Gasteiger partial charge in [-0.2, -0.15) is 5.10 Å². The van der Waals surface area contributed by atoms with Crippen molar-refractivity contribution in [3.05, 3.63) is 41.7 Å². The molecule has 2 aromatic rings. The lowest BCUT2D eigenvalue weighted by atomic mass is 10.1. The number of anilines is 1. The van der Waals surface area contributed by atoms with Crippen molar-refractivity contribution in [1.29, 1.82) is 0 Å². The molecule has 6 heteroatoms. The third kappa shape index (κ3) is 3.04. The average molecular weight is 260 g/mol. The predicted octanol–water partition coefficient (Wildman–Crippen LogP) is 0.723. The summed E-state index contributed by atoms with van der Waals surface area (Å²) in [6.07, 6.45) is 4.36. The molecule has 0 aliphatic rings. The summed E-state index contributed by atoms with van der Waals surface area (Å²) in [5.74, 6) is -0.206. The summed E-state index contributed by atoms with van der Waals surface area (Å²) in [7, 11) is 1.85. The SMILES string of the molecule is Cn1cc(CCOc2c(N)cccc2C(N)=O)cn1. The van der Waals surface area contributed by atoms with Gasteiger partial charge in [0.25, 0.3) is 5.91 Å². The predicted molar refractivity (Wildman–Crippen MR) is 71.8 cm³/mol. The number of carbonyl (C=O) groups is 1. The second kappa shape index (κ2) is 5.43. The second-order valence-corrected chi connectivity index (χ2v) is 4.21. The van der Waals surface area contributed by atoms with Gasteiger partial charge in [-0.15, -0.1) is 0 Å². The highest BCUT2D eigenvalue weighted by atomic mass is 16.5. The van der Waals surface area contributed by atoms with Crippen molar-refractivity contribution < 1.29 is 9.53 Å². The molecule has 1 heterocycles. The van der Waals surface area contributed by atoms with Gasteiger partial charge in [-0.3, -0.25) is 9.48 Å². The topological polar surface area (TPSA) is 96.2 Å². The first-order valence-corrected chi connectivity index (χ1v) is 5.86. The van der Waals surface area contributed by atoms with Gasteiger partial charge >= 0.3 is 0 Å². The van der Waals surface area contributed by atoms with Crippen molar-refractivity contribution in [2.24, 2.45) is 12.8 Å². The van der Waals surface area contributed by atoms with Crippen LogP contribution in [0.15, 0.2) is 30.6 Å². The zero-order valence-electron chi connectivity index (χ0n) is 10.7. The van der Waals surface area contributed by atoms with Crippen LogP contribution in [0.25, 0.3) is 0 Å². The number of hydrogen-bond donors (Lipinski definition) is 2. The van der Waals surface area contributed by atoms with Gasteiger partial charge in [-0.25, -0.2) is 0 Å². The summed E-state index contributed by atoms with van der Waals surface area (Å²) < 4.78 is 7.30. The van der Waals surface area contributed by atoms with Gasteiger partial charge < -0.3 is 16.2 Å². The molecule has 100 valence electrons. The zero-order valence-corrected chi connectivity index (χ0v) is 10.7. The fraction of sp³-hybridized carbons (Fsp3) is 0.231. The Bertz CT molecular complexity index is 592. The Morgan fingerprint density at radius 2 is 2.26 bits per heavy atom. The molecule has 1 amide bonds. The van der Waals surface area contributed by atoms with Gasteiger partial charge in [0.2, 0.25) is 0 Å². The quantitative estimate of drug-likeness (QED) is 0.774. The summed E-state index contributed by atoms with van der Waals surface area (Å²) >= 11 is 0. The lowest BCUT2D eigenvalue weighted by Crippen LogP contribution is -2.15. The number of para-hydroxylation sites is 1. The molecule has 0 saturated carbocycles. The van der Waals surface area contributed by atoms with Gasteiger partial charge in [-0.1, -0.05) is 6.07 Å². The lowest BCUT2D eigenvalue weighted by molar-refractivity contribution is 0.0996. The van der Waals surface area contributed by atoms with Crippen LogP contribution in [-0.4, -0.2) is 22.3 Å². The highest BCUT2D eigenvalue weighted by molar-refractivity contribution is 5.97. The molecule has 0 radical (unpaired) electrons. The van der Waals surface area contributed by atoms with Crippen molar-refractivity contribution in [2.45, 2.75) is 6.42 Å². The fourth-order valence-electron chi connectivity index (χ4n) is 1.78. The molecule has 0 bridgehead atoms. The normalized spacial score (nSPS) is 10.4. The Labute approximate surface area is 111 Å². The Hall–Kier alpha value is -2.50. The van der Waals surface area contributed by atoms with Crippen LogP contribution in [0.1, 0.15) is 15.9 Å². The van der Waals surface area contributed by atoms with Gasteiger partial charge in [0.1, 0.15) is 0 Å². The van der Waals surface area contributed by atoms with Crippen molar-refractivity contribution in [2.75, 3.05) is 12.3 Å². The number of primary amides is 1. The van der Waals surface area contributed by atoms with Gasteiger partial charge in [0.05, 0.1) is 24.1 Å². The molecule has 1 aromatic heterocycles. The average Bonchev–Trinajstić information content (AvgIpc) is 2.77. The van der Waals surface area contributed by atoms with E-state index in [0.29, 0.717) is 30.0 Å². The Morgan fingerprint density at radius 1 is 1.47 bits per heavy atom. The molecule has 0 unspecified atom stereocenters. The molecule has 0 saturated heterocycles. The van der Waals surface area contributed by atoms with E-state index in [1.54, 1.807) is 29.1 Å². The van der Waals surface area contributed by atoms with E-state index in [1.807, 2.05) is 13.2 Å². The number of aryl methyl sites for hydroxylation is 1. The van der Waals surface area contributed by atoms with E-state index >= 15 is 0 Å². The zero-order chi connectivity index (χ0) is 13.8. The Balaban J connectivity index is 2.05. The largest absolute Gasteiger partial charge is 0.490 e. The van der Waals surface area contributed by atoms with Crippen molar-refractivity contribution in [1.82, 2.24) is 9.78 Å². The number of nitrogens with zero attached hydrogens (tertiary/aromatic N) is 2. The number of carbonyl (C=O) groups excluding carboxylic acids is 1. The van der Waals surface area contributed by atoms with Crippen LogP contribution in [0, 0.1) is 0 Å². The summed E-state index contributed by atoms with van der Waals surface area (Å²) in [5, 5.41) is 4.07. The number of aromatic nitrogens is 2. The van der Waals surface area contributed by atoms with E-state index in [4.69, 9.17) is 16.2 Å². The third-order valence-electron chi connectivity index (χ3n) is 2.71. The number of nitrogens with two attached hydrogens (primary N) is 2. The van der Waals surface area contributed by atoms with Crippen LogP contribution in [0.3, 0.4) is 0 Å². The van der Waals surface area contributed by atoms with E-state index in [1.165, 1.54) is 0 Å². The molecule has 0 fully saturated rings. The van der Waals surface area contributed by atoms with E-state index in [0.717, 1.165) is 5.56 Å². The van der Waals surface area contributed by atoms with Crippen LogP contribution in [-0.2, 0) is 13.5 Å². The number of ether oxygens (including phenoxy) is 1. The Kier molecular flexibility index (Phi) is 3.70. The second-order valence-electron chi connectivity index (χ2n) is 4.21. The molecular weight excluding hydrogens is 244 g/mol. The molecule has 4 N–H and O–H groups in total. The van der Waals surface area contributed by atoms with Crippen molar-refractivity contribution in [3.63, 3.8) is 0 Å². The maximum atomic E-state index is 11.3. The number of benzene rings is 1. The maximum absolute atomic E-state index is 11.3. The number of nitrogen functional groups attached to an aromatic ring is 1.